The van der Waals surface area contributed by atoms with Crippen molar-refractivity contribution in [2.24, 2.45) is 11.8 Å². The predicted molar refractivity (Wildman–Crippen MR) is 80.7 cm³/mol. The van der Waals surface area contributed by atoms with Gasteiger partial charge in [0, 0.05) is 11.8 Å². The van der Waals surface area contributed by atoms with Crippen LogP contribution in [0.5, 0.6) is 5.75 Å². The van der Waals surface area contributed by atoms with Crippen molar-refractivity contribution in [2.75, 3.05) is 6.61 Å². The van der Waals surface area contributed by atoms with E-state index in [2.05, 4.69) is 11.9 Å². The second kappa shape index (κ2) is 7.63. The number of pyridine rings is 1. The molecule has 0 radical (unpaired) electrons. The first kappa shape index (κ1) is 15.3. The minimum Gasteiger partial charge on any atom is -0.492 e. The summed E-state index contributed by atoms with van der Waals surface area (Å²) in [5.41, 5.74) is 0.898. The lowest BCUT2D eigenvalue weighted by atomic mass is 9.76. The van der Waals surface area contributed by atoms with Crippen LogP contribution in [0.1, 0.15) is 64.0 Å². The molecule has 1 unspecified atom stereocenters. The minimum absolute atomic E-state index is 0.377. The molecule has 1 aromatic rings. The number of aliphatic hydroxyl groups is 1. The van der Waals surface area contributed by atoms with Gasteiger partial charge in [-0.3, -0.25) is 4.98 Å². The standard InChI is InChI=1S/C17H27NO2/c1-3-5-13-6-8-14(9-7-13)17(19)15-10-16(20-4-2)12-18-11-15/h10-14,17,19H,3-9H2,1-2H3. The predicted octanol–water partition coefficient (Wildman–Crippen LogP) is 4.12. The van der Waals surface area contributed by atoms with Crippen molar-refractivity contribution in [1.29, 1.82) is 0 Å². The Morgan fingerprint density at radius 2 is 2.00 bits per heavy atom. The van der Waals surface area contributed by atoms with Gasteiger partial charge in [0.15, 0.2) is 0 Å². The first-order valence-electron chi connectivity index (χ1n) is 8.00. The molecule has 1 aliphatic carbocycles. The molecule has 1 fully saturated rings. The molecule has 0 saturated heterocycles. The van der Waals surface area contributed by atoms with E-state index in [0.29, 0.717) is 12.5 Å². The fraction of sp³-hybridized carbons (Fsp3) is 0.706. The molecule has 1 saturated carbocycles. The Morgan fingerprint density at radius 3 is 2.65 bits per heavy atom. The fourth-order valence-electron chi connectivity index (χ4n) is 3.32. The lowest BCUT2D eigenvalue weighted by molar-refractivity contribution is 0.0717. The minimum atomic E-state index is -0.398. The molecule has 2 rings (SSSR count). The van der Waals surface area contributed by atoms with Crippen LogP contribution >= 0.6 is 0 Å². The molecule has 3 heteroatoms. The van der Waals surface area contributed by atoms with Gasteiger partial charge < -0.3 is 9.84 Å². The van der Waals surface area contributed by atoms with E-state index >= 15 is 0 Å². The maximum Gasteiger partial charge on any atom is 0.137 e. The monoisotopic (exact) mass is 277 g/mol. The van der Waals surface area contributed by atoms with Crippen LogP contribution in [-0.2, 0) is 0 Å². The van der Waals surface area contributed by atoms with Crippen molar-refractivity contribution in [2.45, 2.75) is 58.5 Å². The Balaban J connectivity index is 1.94. The van der Waals surface area contributed by atoms with E-state index in [1.165, 1.54) is 25.7 Å². The van der Waals surface area contributed by atoms with Gasteiger partial charge in [-0.1, -0.05) is 32.6 Å². The van der Waals surface area contributed by atoms with Crippen LogP contribution in [0.2, 0.25) is 0 Å². The molecule has 20 heavy (non-hydrogen) atoms. The van der Waals surface area contributed by atoms with Gasteiger partial charge in [0.05, 0.1) is 18.9 Å². The van der Waals surface area contributed by atoms with E-state index in [1.54, 1.807) is 12.4 Å². The van der Waals surface area contributed by atoms with Crippen LogP contribution in [-0.4, -0.2) is 16.7 Å². The lowest BCUT2D eigenvalue weighted by Crippen LogP contribution is -2.20. The topological polar surface area (TPSA) is 42.4 Å². The second-order valence-corrected chi connectivity index (χ2v) is 5.90. The third-order valence-corrected chi connectivity index (χ3v) is 4.42. The average molecular weight is 277 g/mol. The molecule has 3 nitrogen and oxygen atoms in total. The van der Waals surface area contributed by atoms with Gasteiger partial charge in [-0.15, -0.1) is 0 Å². The molecule has 1 N–H and O–H groups in total. The highest BCUT2D eigenvalue weighted by Crippen LogP contribution is 2.38. The Bertz CT molecular complexity index is 400. The highest BCUT2D eigenvalue weighted by Gasteiger charge is 2.27. The molecule has 1 heterocycles. The number of rotatable bonds is 6. The molecule has 1 aromatic heterocycles. The molecule has 112 valence electrons. The zero-order valence-corrected chi connectivity index (χ0v) is 12.7. The Hall–Kier alpha value is -1.09. The number of hydrogen-bond acceptors (Lipinski definition) is 3. The van der Waals surface area contributed by atoms with E-state index in [1.807, 2.05) is 13.0 Å². The quantitative estimate of drug-likeness (QED) is 0.850. The average Bonchev–Trinajstić information content (AvgIpc) is 2.48. The molecule has 0 amide bonds. The summed E-state index contributed by atoms with van der Waals surface area (Å²) in [6.45, 7) is 4.84. The third kappa shape index (κ3) is 3.95. The number of nitrogens with zero attached hydrogens (tertiary/aromatic N) is 1. The molecule has 0 spiro atoms. The molecule has 0 aromatic carbocycles. The normalized spacial score (nSPS) is 24.4. The van der Waals surface area contributed by atoms with Crippen molar-refractivity contribution in [1.82, 2.24) is 4.98 Å². The van der Waals surface area contributed by atoms with Gasteiger partial charge in [0.25, 0.3) is 0 Å². The molecular weight excluding hydrogens is 250 g/mol. The number of hydrogen-bond donors (Lipinski definition) is 1. The SMILES string of the molecule is CCCC1CCC(C(O)c2cncc(OCC)c2)CC1. The van der Waals surface area contributed by atoms with Crippen molar-refractivity contribution >= 4 is 0 Å². The first-order chi connectivity index (χ1) is 9.74. The summed E-state index contributed by atoms with van der Waals surface area (Å²) in [5, 5.41) is 10.6. The van der Waals surface area contributed by atoms with Crippen LogP contribution in [0.15, 0.2) is 18.5 Å². The smallest absolute Gasteiger partial charge is 0.137 e. The molecule has 0 aliphatic heterocycles. The number of aliphatic hydroxyl groups excluding tert-OH is 1. The molecule has 1 aliphatic rings. The van der Waals surface area contributed by atoms with Gasteiger partial charge in [-0.05, 0) is 37.7 Å². The van der Waals surface area contributed by atoms with E-state index in [0.717, 1.165) is 30.1 Å². The van der Waals surface area contributed by atoms with Crippen LogP contribution in [0, 0.1) is 11.8 Å². The first-order valence-corrected chi connectivity index (χ1v) is 8.00. The lowest BCUT2D eigenvalue weighted by Gasteiger charge is -2.31. The van der Waals surface area contributed by atoms with Crippen molar-refractivity contribution < 1.29 is 9.84 Å². The highest BCUT2D eigenvalue weighted by atomic mass is 16.5. The van der Waals surface area contributed by atoms with Crippen molar-refractivity contribution in [3.05, 3.63) is 24.0 Å². The number of ether oxygens (including phenoxy) is 1. The maximum atomic E-state index is 10.6. The summed E-state index contributed by atoms with van der Waals surface area (Å²) in [6.07, 6.45) is 10.5. The van der Waals surface area contributed by atoms with Crippen LogP contribution < -0.4 is 4.74 Å². The summed E-state index contributed by atoms with van der Waals surface area (Å²) in [6, 6.07) is 1.93. The Labute approximate surface area is 122 Å². The third-order valence-electron chi connectivity index (χ3n) is 4.42. The van der Waals surface area contributed by atoms with Crippen molar-refractivity contribution in [3.63, 3.8) is 0 Å². The van der Waals surface area contributed by atoms with Crippen LogP contribution in [0.3, 0.4) is 0 Å². The molecule has 0 bridgehead atoms. The van der Waals surface area contributed by atoms with Crippen LogP contribution in [0.4, 0.5) is 0 Å². The summed E-state index contributed by atoms with van der Waals surface area (Å²) in [5.74, 6) is 2.00. The Kier molecular flexibility index (Phi) is 5.84. The number of aromatic nitrogens is 1. The van der Waals surface area contributed by atoms with Gasteiger partial charge >= 0.3 is 0 Å². The Morgan fingerprint density at radius 1 is 1.25 bits per heavy atom. The van der Waals surface area contributed by atoms with Gasteiger partial charge in [0.2, 0.25) is 0 Å². The second-order valence-electron chi connectivity index (χ2n) is 5.90. The summed E-state index contributed by atoms with van der Waals surface area (Å²) in [4.78, 5) is 4.18. The summed E-state index contributed by atoms with van der Waals surface area (Å²) >= 11 is 0. The van der Waals surface area contributed by atoms with Gasteiger partial charge in [-0.25, -0.2) is 0 Å². The van der Waals surface area contributed by atoms with Gasteiger partial charge in [-0.2, -0.15) is 0 Å². The largest absolute Gasteiger partial charge is 0.492 e. The maximum absolute atomic E-state index is 10.6. The highest BCUT2D eigenvalue weighted by molar-refractivity contribution is 5.25. The van der Waals surface area contributed by atoms with E-state index in [9.17, 15) is 5.11 Å². The van der Waals surface area contributed by atoms with Crippen LogP contribution in [0.25, 0.3) is 0 Å². The summed E-state index contributed by atoms with van der Waals surface area (Å²) < 4.78 is 5.46. The fourth-order valence-corrected chi connectivity index (χ4v) is 3.32. The van der Waals surface area contributed by atoms with E-state index in [4.69, 9.17) is 4.74 Å². The zero-order chi connectivity index (χ0) is 14.4. The van der Waals surface area contributed by atoms with E-state index in [-0.39, 0.29) is 0 Å². The van der Waals surface area contributed by atoms with Gasteiger partial charge in [0.1, 0.15) is 5.75 Å². The zero-order valence-electron chi connectivity index (χ0n) is 12.7. The molecular formula is C17H27NO2. The van der Waals surface area contributed by atoms with E-state index < -0.39 is 6.10 Å². The molecule has 1 atom stereocenters. The van der Waals surface area contributed by atoms with Crippen molar-refractivity contribution in [3.8, 4) is 5.75 Å². The summed E-state index contributed by atoms with van der Waals surface area (Å²) in [7, 11) is 0.